The molecule has 0 aliphatic carbocycles. The summed E-state index contributed by atoms with van der Waals surface area (Å²) in [5, 5.41) is 7.94. The zero-order chi connectivity index (χ0) is 30.1. The van der Waals surface area contributed by atoms with E-state index in [0.29, 0.717) is 25.1 Å². The van der Waals surface area contributed by atoms with E-state index in [0.717, 1.165) is 22.0 Å². The molecular weight excluding hydrogens is 522 g/mol. The molecule has 2 aliphatic heterocycles. The summed E-state index contributed by atoms with van der Waals surface area (Å²) in [7, 11) is 0. The second-order valence-electron chi connectivity index (χ2n) is 12.0. The fourth-order valence-corrected chi connectivity index (χ4v) is 5.09. The second-order valence-corrected chi connectivity index (χ2v) is 12.0. The van der Waals surface area contributed by atoms with Crippen LogP contribution in [-0.2, 0) is 23.9 Å². The molecular formula is C31H41N5O5. The van der Waals surface area contributed by atoms with E-state index in [9.17, 15) is 19.2 Å². The number of carbonyl (C=O) groups excluding carboxylic acids is 4. The van der Waals surface area contributed by atoms with Gasteiger partial charge in [0.05, 0.1) is 16.6 Å². The maximum Gasteiger partial charge on any atom is 0.325 e. The van der Waals surface area contributed by atoms with Crippen LogP contribution in [0, 0.1) is 18.3 Å². The maximum atomic E-state index is 13.3. The van der Waals surface area contributed by atoms with Crippen LogP contribution in [0.5, 0.6) is 0 Å². The lowest BCUT2D eigenvalue weighted by atomic mass is 9.89. The van der Waals surface area contributed by atoms with E-state index in [1.54, 1.807) is 33.8 Å². The number of hydrazine groups is 1. The lowest BCUT2D eigenvalue weighted by Gasteiger charge is -2.35. The SMILES string of the molecule is Cc1cc2ccc3cc2nc1[C@@H](C)OC(=O)C1CCCN(N1)C(=O)C(C)NC(=O)C(C(C)C)NC(=O)C(C)(C)C=C3. The van der Waals surface area contributed by atoms with Crippen molar-refractivity contribution < 1.29 is 23.9 Å². The summed E-state index contributed by atoms with van der Waals surface area (Å²) in [5.74, 6) is -1.84. The largest absolute Gasteiger partial charge is 0.455 e. The van der Waals surface area contributed by atoms with E-state index in [4.69, 9.17) is 9.72 Å². The van der Waals surface area contributed by atoms with Gasteiger partial charge in [0.25, 0.3) is 5.91 Å². The quantitative estimate of drug-likeness (QED) is 0.454. The van der Waals surface area contributed by atoms with Gasteiger partial charge in [-0.25, -0.2) is 10.4 Å². The van der Waals surface area contributed by atoms with Crippen LogP contribution in [0.2, 0.25) is 0 Å². The van der Waals surface area contributed by atoms with Crippen LogP contribution >= 0.6 is 0 Å². The fraction of sp³-hybridized carbons (Fsp3) is 0.516. The Morgan fingerprint density at radius 3 is 2.51 bits per heavy atom. The number of benzene rings is 1. The number of ether oxygens (including phenoxy) is 1. The smallest absolute Gasteiger partial charge is 0.325 e. The molecule has 2 aliphatic rings. The van der Waals surface area contributed by atoms with E-state index >= 15 is 0 Å². The van der Waals surface area contributed by atoms with Crippen LogP contribution in [0.25, 0.3) is 17.0 Å². The summed E-state index contributed by atoms with van der Waals surface area (Å²) >= 11 is 0. The predicted molar refractivity (Wildman–Crippen MR) is 156 cm³/mol. The average Bonchev–Trinajstić information content (AvgIpc) is 2.93. The Kier molecular flexibility index (Phi) is 8.82. The highest BCUT2D eigenvalue weighted by atomic mass is 16.5. The molecule has 10 heteroatoms. The van der Waals surface area contributed by atoms with Crippen molar-refractivity contribution in [3.63, 3.8) is 0 Å². The molecule has 3 heterocycles. The highest BCUT2D eigenvalue weighted by Crippen LogP contribution is 2.27. The first kappa shape index (κ1) is 30.2. The number of carbonyl (C=O) groups is 4. The molecule has 4 atom stereocenters. The molecule has 41 heavy (non-hydrogen) atoms. The highest BCUT2D eigenvalue weighted by molar-refractivity contribution is 5.94. The van der Waals surface area contributed by atoms with Gasteiger partial charge >= 0.3 is 5.97 Å². The number of nitrogens with zero attached hydrogens (tertiary/aromatic N) is 2. The Bertz CT molecular complexity index is 1380. The molecule has 4 rings (SSSR count). The number of cyclic esters (lactones) is 1. The molecule has 3 amide bonds. The van der Waals surface area contributed by atoms with E-state index in [-0.39, 0.29) is 17.7 Å². The Labute approximate surface area is 241 Å². The van der Waals surface area contributed by atoms with E-state index in [2.05, 4.69) is 16.1 Å². The third-order valence-corrected chi connectivity index (χ3v) is 7.73. The fourth-order valence-electron chi connectivity index (χ4n) is 5.09. The Morgan fingerprint density at radius 1 is 1.07 bits per heavy atom. The van der Waals surface area contributed by atoms with Gasteiger partial charge in [0, 0.05) is 11.9 Å². The van der Waals surface area contributed by atoms with Crippen molar-refractivity contribution in [3.05, 3.63) is 47.2 Å². The van der Waals surface area contributed by atoms with Gasteiger partial charge in [-0.2, -0.15) is 0 Å². The number of hydrogen-bond donors (Lipinski definition) is 3. The topological polar surface area (TPSA) is 130 Å². The Balaban J connectivity index is 1.73. The zero-order valence-electron chi connectivity index (χ0n) is 24.9. The molecule has 1 aromatic carbocycles. The van der Waals surface area contributed by atoms with Crippen LogP contribution in [0.4, 0.5) is 0 Å². The van der Waals surface area contributed by atoms with Gasteiger partial charge in [0.2, 0.25) is 11.8 Å². The number of fused-ring (bicyclic) bond motifs is 4. The summed E-state index contributed by atoms with van der Waals surface area (Å²) in [6.45, 7) is 12.9. The lowest BCUT2D eigenvalue weighted by molar-refractivity contribution is -0.157. The van der Waals surface area contributed by atoms with Crippen LogP contribution in [0.1, 0.15) is 77.3 Å². The molecule has 0 saturated carbocycles. The summed E-state index contributed by atoms with van der Waals surface area (Å²) in [6.07, 6.45) is 4.15. The van der Waals surface area contributed by atoms with Crippen molar-refractivity contribution in [1.29, 1.82) is 0 Å². The molecule has 5 bridgehead atoms. The van der Waals surface area contributed by atoms with Crippen molar-refractivity contribution in [3.8, 4) is 0 Å². The van der Waals surface area contributed by atoms with E-state index in [1.165, 1.54) is 5.01 Å². The van der Waals surface area contributed by atoms with E-state index in [1.807, 2.05) is 51.1 Å². The van der Waals surface area contributed by atoms with Crippen molar-refractivity contribution in [1.82, 2.24) is 26.1 Å². The zero-order valence-corrected chi connectivity index (χ0v) is 24.9. The van der Waals surface area contributed by atoms with Crippen LogP contribution in [0.3, 0.4) is 0 Å². The highest BCUT2D eigenvalue weighted by Gasteiger charge is 2.35. The summed E-state index contributed by atoms with van der Waals surface area (Å²) in [6, 6.07) is 5.43. The summed E-state index contributed by atoms with van der Waals surface area (Å²) in [5.41, 5.74) is 5.20. The maximum absolute atomic E-state index is 13.3. The van der Waals surface area contributed by atoms with Gasteiger partial charge in [-0.15, -0.1) is 0 Å². The third-order valence-electron chi connectivity index (χ3n) is 7.73. The molecule has 3 unspecified atom stereocenters. The number of rotatable bonds is 1. The number of pyridine rings is 1. The summed E-state index contributed by atoms with van der Waals surface area (Å²) < 4.78 is 5.83. The molecule has 0 spiro atoms. The van der Waals surface area contributed by atoms with Gasteiger partial charge < -0.3 is 15.4 Å². The molecule has 1 saturated heterocycles. The molecule has 220 valence electrons. The predicted octanol–water partition coefficient (Wildman–Crippen LogP) is 3.34. The van der Waals surface area contributed by atoms with Crippen molar-refractivity contribution in [2.75, 3.05) is 6.54 Å². The van der Waals surface area contributed by atoms with Crippen molar-refractivity contribution in [2.24, 2.45) is 11.3 Å². The number of amides is 3. The molecule has 0 radical (unpaired) electrons. The number of nitrogens with one attached hydrogen (secondary N) is 3. The minimum Gasteiger partial charge on any atom is -0.455 e. The average molecular weight is 564 g/mol. The monoisotopic (exact) mass is 563 g/mol. The van der Waals surface area contributed by atoms with Gasteiger partial charge in [-0.3, -0.25) is 24.2 Å². The van der Waals surface area contributed by atoms with Crippen molar-refractivity contribution in [2.45, 2.75) is 85.5 Å². The van der Waals surface area contributed by atoms with Crippen LogP contribution in [-0.4, -0.2) is 58.4 Å². The van der Waals surface area contributed by atoms with Crippen LogP contribution < -0.4 is 16.1 Å². The number of esters is 1. The Hall–Kier alpha value is -3.79. The first-order valence-electron chi connectivity index (χ1n) is 14.3. The van der Waals surface area contributed by atoms with Gasteiger partial charge in [-0.05, 0) is 76.6 Å². The minimum absolute atomic E-state index is 0.221. The third kappa shape index (κ3) is 6.75. The standard InChI is InChI=1S/C31H41N5O5/c1-17(2)25-27(37)32-19(4)28(38)36-14-8-9-23(35-36)29(39)41-20(5)26-18(3)15-22-11-10-21(16-24(22)33-26)12-13-31(6,7)30(40)34-25/h10-13,15-17,19-20,23,25,35H,8-9,14H2,1-7H3,(H,32,37)(H,34,40)/t19?,20-,23?,25?/m1/s1. The van der Waals surface area contributed by atoms with Gasteiger partial charge in [-0.1, -0.05) is 38.1 Å². The molecule has 1 aromatic heterocycles. The van der Waals surface area contributed by atoms with Gasteiger partial charge in [0.15, 0.2) is 0 Å². The normalized spacial score (nSPS) is 26.1. The lowest BCUT2D eigenvalue weighted by Crippen LogP contribution is -2.61. The molecule has 2 aromatic rings. The molecule has 3 N–H and O–H groups in total. The Morgan fingerprint density at radius 2 is 1.80 bits per heavy atom. The van der Waals surface area contributed by atoms with Crippen LogP contribution in [0.15, 0.2) is 30.3 Å². The number of hydrogen-bond acceptors (Lipinski definition) is 7. The molecule has 10 nitrogen and oxygen atoms in total. The van der Waals surface area contributed by atoms with Gasteiger partial charge in [0.1, 0.15) is 24.2 Å². The molecule has 1 fully saturated rings. The number of aromatic nitrogens is 1. The summed E-state index contributed by atoms with van der Waals surface area (Å²) in [4.78, 5) is 57.8. The van der Waals surface area contributed by atoms with Crippen molar-refractivity contribution >= 4 is 40.7 Å². The van der Waals surface area contributed by atoms with E-state index < -0.39 is 41.5 Å². The second kappa shape index (κ2) is 12.0. The number of aryl methyl sites for hydroxylation is 1. The first-order chi connectivity index (χ1) is 19.3. The first-order valence-corrected chi connectivity index (χ1v) is 14.3. The minimum atomic E-state index is -0.927.